The molecule has 0 fully saturated rings. The van der Waals surface area contributed by atoms with E-state index in [9.17, 15) is 14.3 Å². The number of halogens is 1. The first-order chi connectivity index (χ1) is 12.1. The second kappa shape index (κ2) is 5.84. The maximum atomic E-state index is 13.1. The summed E-state index contributed by atoms with van der Waals surface area (Å²) >= 11 is 0. The van der Waals surface area contributed by atoms with Crippen molar-refractivity contribution in [3.8, 4) is 5.75 Å². The van der Waals surface area contributed by atoms with E-state index in [1.165, 1.54) is 12.1 Å². The van der Waals surface area contributed by atoms with Crippen LogP contribution in [-0.2, 0) is 19.5 Å². The molecule has 1 N–H and O–H groups in total. The Labute approximate surface area is 144 Å². The maximum absolute atomic E-state index is 13.1. The van der Waals surface area contributed by atoms with E-state index in [-0.39, 0.29) is 17.5 Å². The number of nitrogens with zero attached hydrogens (tertiary/aromatic N) is 2. The average molecular weight is 336 g/mol. The molecule has 0 spiro atoms. The molecule has 1 aromatic heterocycles. The lowest BCUT2D eigenvalue weighted by Crippen LogP contribution is -2.23. The van der Waals surface area contributed by atoms with Gasteiger partial charge in [-0.05, 0) is 41.3 Å². The number of fused-ring (bicyclic) bond motifs is 2. The van der Waals surface area contributed by atoms with Crippen LogP contribution in [0, 0.1) is 5.82 Å². The molecule has 0 bridgehead atoms. The van der Waals surface area contributed by atoms with E-state index in [2.05, 4.69) is 4.98 Å². The molecule has 0 aliphatic carbocycles. The monoisotopic (exact) mass is 336 g/mol. The number of rotatable bonds is 3. The van der Waals surface area contributed by atoms with Gasteiger partial charge in [0.1, 0.15) is 11.3 Å². The lowest BCUT2D eigenvalue weighted by atomic mass is 9.95. The van der Waals surface area contributed by atoms with Crippen molar-refractivity contribution in [2.24, 2.45) is 0 Å². The Morgan fingerprint density at radius 1 is 1.24 bits per heavy atom. The van der Waals surface area contributed by atoms with E-state index in [0.29, 0.717) is 24.2 Å². The van der Waals surface area contributed by atoms with Crippen molar-refractivity contribution in [2.45, 2.75) is 26.4 Å². The van der Waals surface area contributed by atoms with E-state index in [1.807, 2.05) is 19.1 Å². The highest BCUT2D eigenvalue weighted by Crippen LogP contribution is 2.40. The summed E-state index contributed by atoms with van der Waals surface area (Å²) in [5.41, 5.74) is 3.58. The summed E-state index contributed by atoms with van der Waals surface area (Å²) in [5, 5.41) is 11.5. The molecule has 3 aromatic rings. The molecule has 0 atom stereocenters. The van der Waals surface area contributed by atoms with Gasteiger partial charge in [0, 0.05) is 24.7 Å². The highest BCUT2D eigenvalue weighted by atomic mass is 19.1. The van der Waals surface area contributed by atoms with Crippen molar-refractivity contribution in [3.63, 3.8) is 0 Å². The first kappa shape index (κ1) is 15.6. The fraction of sp³-hybridized carbons (Fsp3) is 0.200. The van der Waals surface area contributed by atoms with E-state index < -0.39 is 0 Å². The smallest absolute Gasteiger partial charge is 0.258 e. The lowest BCUT2D eigenvalue weighted by molar-refractivity contribution is 0.0764. The van der Waals surface area contributed by atoms with Crippen LogP contribution in [0.25, 0.3) is 10.9 Å². The average Bonchev–Trinajstić information content (AvgIpc) is 2.94. The van der Waals surface area contributed by atoms with Crippen molar-refractivity contribution in [1.82, 2.24) is 9.88 Å². The summed E-state index contributed by atoms with van der Waals surface area (Å²) < 4.78 is 13.1. The van der Waals surface area contributed by atoms with Gasteiger partial charge in [-0.25, -0.2) is 4.39 Å². The number of hydrogen-bond donors (Lipinski definition) is 1. The van der Waals surface area contributed by atoms with Gasteiger partial charge in [-0.1, -0.05) is 25.1 Å². The zero-order valence-electron chi connectivity index (χ0n) is 13.8. The first-order valence-corrected chi connectivity index (χ1v) is 8.25. The van der Waals surface area contributed by atoms with Crippen LogP contribution in [0.4, 0.5) is 4.39 Å². The van der Waals surface area contributed by atoms with Gasteiger partial charge in [-0.2, -0.15) is 0 Å². The van der Waals surface area contributed by atoms with Crippen LogP contribution in [0.5, 0.6) is 5.75 Å². The van der Waals surface area contributed by atoms with Crippen molar-refractivity contribution in [3.05, 3.63) is 70.7 Å². The molecule has 0 saturated carbocycles. The Morgan fingerprint density at radius 3 is 2.72 bits per heavy atom. The molecule has 0 unspecified atom stereocenters. The van der Waals surface area contributed by atoms with Gasteiger partial charge < -0.3 is 10.0 Å². The van der Waals surface area contributed by atoms with Gasteiger partial charge in [-0.15, -0.1) is 0 Å². The van der Waals surface area contributed by atoms with Gasteiger partial charge in [0.2, 0.25) is 0 Å². The van der Waals surface area contributed by atoms with E-state index in [1.54, 1.807) is 23.2 Å². The number of amides is 1. The second-order valence-electron chi connectivity index (χ2n) is 6.22. The Bertz CT molecular complexity index is 983. The highest BCUT2D eigenvalue weighted by Gasteiger charge is 2.34. The summed E-state index contributed by atoms with van der Waals surface area (Å²) in [5.74, 6) is -0.559. The number of aromatic nitrogens is 1. The first-order valence-electron chi connectivity index (χ1n) is 8.25. The predicted octanol–water partition coefficient (Wildman–Crippen LogP) is 3.80. The molecular formula is C20H17FN2O2. The standard InChI is InChI=1S/C20H17FN2O2/c1-2-14-15-4-3-9-22-18(15)19(24)17-16(14)11-23(20(17)25)10-12-5-7-13(21)8-6-12/h3-9,24H,2,10-11H2,1H3. The fourth-order valence-electron chi connectivity index (χ4n) is 3.58. The molecule has 1 aliphatic heterocycles. The predicted molar refractivity (Wildman–Crippen MR) is 92.8 cm³/mol. The number of phenolic OH excluding ortho intramolecular Hbond substituents is 1. The van der Waals surface area contributed by atoms with Crippen molar-refractivity contribution < 1.29 is 14.3 Å². The van der Waals surface area contributed by atoms with Gasteiger partial charge >= 0.3 is 0 Å². The normalized spacial score (nSPS) is 13.5. The summed E-state index contributed by atoms with van der Waals surface area (Å²) in [6, 6.07) is 9.87. The third-order valence-corrected chi connectivity index (χ3v) is 4.75. The number of phenols is 1. The van der Waals surface area contributed by atoms with E-state index in [4.69, 9.17) is 0 Å². The summed E-state index contributed by atoms with van der Waals surface area (Å²) in [6.45, 7) is 2.85. The lowest BCUT2D eigenvalue weighted by Gasteiger charge is -2.15. The third-order valence-electron chi connectivity index (χ3n) is 4.75. The van der Waals surface area contributed by atoms with Crippen LogP contribution in [0.3, 0.4) is 0 Å². The van der Waals surface area contributed by atoms with E-state index in [0.717, 1.165) is 28.5 Å². The number of carbonyl (C=O) groups excluding carboxylic acids is 1. The number of aromatic hydroxyl groups is 1. The SMILES string of the molecule is CCc1c2c(c(O)c3ncccc13)C(=O)N(Cc1ccc(F)cc1)C2. The van der Waals surface area contributed by atoms with Crippen LogP contribution >= 0.6 is 0 Å². The molecule has 25 heavy (non-hydrogen) atoms. The molecule has 1 amide bonds. The summed E-state index contributed by atoms with van der Waals surface area (Å²) in [4.78, 5) is 18.8. The molecule has 2 heterocycles. The van der Waals surface area contributed by atoms with Crippen LogP contribution in [-0.4, -0.2) is 20.9 Å². The summed E-state index contributed by atoms with van der Waals surface area (Å²) in [7, 11) is 0. The molecule has 5 heteroatoms. The Balaban J connectivity index is 1.79. The molecule has 126 valence electrons. The van der Waals surface area contributed by atoms with Crippen molar-refractivity contribution in [1.29, 1.82) is 0 Å². The molecule has 1 aliphatic rings. The minimum Gasteiger partial charge on any atom is -0.505 e. The minimum atomic E-state index is -0.303. The number of carbonyl (C=O) groups is 1. The minimum absolute atomic E-state index is 0.0468. The van der Waals surface area contributed by atoms with Crippen LogP contribution < -0.4 is 0 Å². The largest absolute Gasteiger partial charge is 0.505 e. The maximum Gasteiger partial charge on any atom is 0.258 e. The Hall–Kier alpha value is -2.95. The number of aryl methyl sites for hydroxylation is 1. The Kier molecular flexibility index (Phi) is 3.64. The van der Waals surface area contributed by atoms with Gasteiger partial charge in [0.25, 0.3) is 5.91 Å². The van der Waals surface area contributed by atoms with E-state index >= 15 is 0 Å². The Morgan fingerprint density at radius 2 is 2.00 bits per heavy atom. The second-order valence-corrected chi connectivity index (χ2v) is 6.22. The quantitative estimate of drug-likeness (QED) is 0.791. The molecule has 2 aromatic carbocycles. The third kappa shape index (κ3) is 2.43. The number of benzene rings is 2. The zero-order chi connectivity index (χ0) is 17.6. The van der Waals surface area contributed by atoms with Crippen LogP contribution in [0.1, 0.15) is 34.0 Å². The topological polar surface area (TPSA) is 53.4 Å². The molecular weight excluding hydrogens is 319 g/mol. The van der Waals surface area contributed by atoms with Gasteiger partial charge in [0.15, 0.2) is 5.75 Å². The highest BCUT2D eigenvalue weighted by molar-refractivity contribution is 6.07. The zero-order valence-corrected chi connectivity index (χ0v) is 13.8. The van der Waals surface area contributed by atoms with Crippen LogP contribution in [0.15, 0.2) is 42.6 Å². The molecule has 0 radical (unpaired) electrons. The molecule has 0 saturated heterocycles. The van der Waals surface area contributed by atoms with Crippen LogP contribution in [0.2, 0.25) is 0 Å². The molecule has 4 rings (SSSR count). The number of hydrogen-bond acceptors (Lipinski definition) is 3. The number of pyridine rings is 1. The van der Waals surface area contributed by atoms with Gasteiger partial charge in [-0.3, -0.25) is 9.78 Å². The molecule has 4 nitrogen and oxygen atoms in total. The van der Waals surface area contributed by atoms with Crippen molar-refractivity contribution >= 4 is 16.8 Å². The van der Waals surface area contributed by atoms with Gasteiger partial charge in [0.05, 0.1) is 5.56 Å². The summed E-state index contributed by atoms with van der Waals surface area (Å²) in [6.07, 6.45) is 2.37. The fourth-order valence-corrected chi connectivity index (χ4v) is 3.58. The van der Waals surface area contributed by atoms with Crippen molar-refractivity contribution in [2.75, 3.05) is 0 Å².